The van der Waals surface area contributed by atoms with Gasteiger partial charge in [0.25, 0.3) is 5.91 Å². The molecular weight excluding hydrogens is 388 g/mol. The number of anilines is 1. The van der Waals surface area contributed by atoms with Gasteiger partial charge in [0.15, 0.2) is 6.61 Å². The van der Waals surface area contributed by atoms with Crippen molar-refractivity contribution in [2.45, 2.75) is 13.8 Å². The minimum absolute atomic E-state index is 0.0283. The van der Waals surface area contributed by atoms with Crippen LogP contribution in [0.1, 0.15) is 41.1 Å². The number of benzene rings is 1. The smallest absolute Gasteiger partial charge is 0.350 e. The number of esters is 3. The van der Waals surface area contributed by atoms with Crippen molar-refractivity contribution in [3.05, 3.63) is 44.9 Å². The molecule has 10 heteroatoms. The number of nitrogens with one attached hydrogen (secondary N) is 1. The molecule has 2 rings (SSSR count). The topological polar surface area (TPSA) is 121 Å². The van der Waals surface area contributed by atoms with Gasteiger partial charge in [-0.15, -0.1) is 11.3 Å². The van der Waals surface area contributed by atoms with Crippen molar-refractivity contribution in [3.63, 3.8) is 0 Å². The third kappa shape index (κ3) is 4.92. The summed E-state index contributed by atoms with van der Waals surface area (Å²) in [6.07, 6.45) is 0. The standard InChI is InChI=1S/C18H18N2O7S/c1-9-15(28-10(2)19-9)18(24)27-8-14(21)20-13-7-11(16(22)25-3)5-6-12(13)17(23)26-4/h5-7H,8H2,1-4H3,(H,20,21). The van der Waals surface area contributed by atoms with E-state index in [1.165, 1.54) is 43.8 Å². The van der Waals surface area contributed by atoms with E-state index in [9.17, 15) is 19.2 Å². The van der Waals surface area contributed by atoms with Crippen LogP contribution >= 0.6 is 11.3 Å². The van der Waals surface area contributed by atoms with E-state index in [0.29, 0.717) is 15.6 Å². The van der Waals surface area contributed by atoms with Crippen molar-refractivity contribution in [1.29, 1.82) is 0 Å². The number of hydrogen-bond acceptors (Lipinski definition) is 9. The molecule has 0 atom stereocenters. The first-order valence-electron chi connectivity index (χ1n) is 7.98. The lowest BCUT2D eigenvalue weighted by Gasteiger charge is -2.11. The van der Waals surface area contributed by atoms with E-state index < -0.39 is 30.4 Å². The fourth-order valence-corrected chi connectivity index (χ4v) is 3.10. The molecule has 1 aromatic heterocycles. The Labute approximate surface area is 164 Å². The molecular formula is C18H18N2O7S. The average Bonchev–Trinajstić information content (AvgIpc) is 3.02. The van der Waals surface area contributed by atoms with Crippen LogP contribution in [0, 0.1) is 13.8 Å². The van der Waals surface area contributed by atoms with Gasteiger partial charge in [0, 0.05) is 0 Å². The number of thiazole rings is 1. The van der Waals surface area contributed by atoms with Crippen molar-refractivity contribution in [2.24, 2.45) is 0 Å². The molecule has 9 nitrogen and oxygen atoms in total. The summed E-state index contributed by atoms with van der Waals surface area (Å²) in [6.45, 7) is 2.84. The van der Waals surface area contributed by atoms with Gasteiger partial charge in [-0.3, -0.25) is 4.79 Å². The van der Waals surface area contributed by atoms with Crippen LogP contribution < -0.4 is 5.32 Å². The summed E-state index contributed by atoms with van der Waals surface area (Å²) in [6, 6.07) is 3.96. The minimum Gasteiger partial charge on any atom is -0.465 e. The van der Waals surface area contributed by atoms with Gasteiger partial charge in [-0.1, -0.05) is 0 Å². The zero-order chi connectivity index (χ0) is 20.8. The summed E-state index contributed by atoms with van der Waals surface area (Å²) in [5.74, 6) is -2.72. The van der Waals surface area contributed by atoms with Gasteiger partial charge in [0.05, 0.1) is 41.7 Å². The normalized spacial score (nSPS) is 10.1. The Morgan fingerprint density at radius 1 is 1.04 bits per heavy atom. The van der Waals surface area contributed by atoms with E-state index in [0.717, 1.165) is 0 Å². The molecule has 0 unspecified atom stereocenters. The molecule has 0 aliphatic carbocycles. The van der Waals surface area contributed by atoms with Gasteiger partial charge in [0.2, 0.25) is 0 Å². The summed E-state index contributed by atoms with van der Waals surface area (Å²) in [5, 5.41) is 3.14. The predicted molar refractivity (Wildman–Crippen MR) is 99.6 cm³/mol. The van der Waals surface area contributed by atoms with Crippen LogP contribution in [0.2, 0.25) is 0 Å². The van der Waals surface area contributed by atoms with Crippen molar-refractivity contribution in [3.8, 4) is 0 Å². The molecule has 0 fully saturated rings. The largest absolute Gasteiger partial charge is 0.465 e. The fourth-order valence-electron chi connectivity index (χ4n) is 2.28. The van der Waals surface area contributed by atoms with Gasteiger partial charge in [-0.2, -0.15) is 0 Å². The van der Waals surface area contributed by atoms with Gasteiger partial charge in [-0.25, -0.2) is 19.4 Å². The van der Waals surface area contributed by atoms with Crippen LogP contribution in [0.5, 0.6) is 0 Å². The second kappa shape index (κ2) is 9.09. The second-order valence-corrected chi connectivity index (χ2v) is 6.72. The highest BCUT2D eigenvalue weighted by Crippen LogP contribution is 2.20. The van der Waals surface area contributed by atoms with E-state index in [-0.39, 0.29) is 16.8 Å². The lowest BCUT2D eigenvalue weighted by molar-refractivity contribution is -0.119. The number of rotatable bonds is 6. The number of carbonyl (C=O) groups is 4. The lowest BCUT2D eigenvalue weighted by Crippen LogP contribution is -2.22. The van der Waals surface area contributed by atoms with Crippen LogP contribution in [0.15, 0.2) is 18.2 Å². The number of aromatic nitrogens is 1. The van der Waals surface area contributed by atoms with Gasteiger partial charge >= 0.3 is 17.9 Å². The van der Waals surface area contributed by atoms with Crippen LogP contribution in [0.4, 0.5) is 5.69 Å². The maximum atomic E-state index is 12.2. The maximum absolute atomic E-state index is 12.2. The van der Waals surface area contributed by atoms with E-state index in [1.807, 2.05) is 0 Å². The van der Waals surface area contributed by atoms with E-state index in [4.69, 9.17) is 4.74 Å². The SMILES string of the molecule is COC(=O)c1ccc(C(=O)OC)c(NC(=O)COC(=O)c2sc(C)nc2C)c1. The Hall–Kier alpha value is -3.27. The first kappa shape index (κ1) is 21.0. The van der Waals surface area contributed by atoms with Crippen molar-refractivity contribution >= 4 is 40.8 Å². The van der Waals surface area contributed by atoms with Crippen molar-refractivity contribution < 1.29 is 33.4 Å². The Bertz CT molecular complexity index is 936. The third-order valence-corrected chi connectivity index (χ3v) is 4.60. The van der Waals surface area contributed by atoms with Gasteiger partial charge in [-0.05, 0) is 32.0 Å². The second-order valence-electron chi connectivity index (χ2n) is 5.52. The third-order valence-electron chi connectivity index (χ3n) is 3.54. The molecule has 1 N–H and O–H groups in total. The molecule has 0 saturated heterocycles. The van der Waals surface area contributed by atoms with Crippen LogP contribution in [0.25, 0.3) is 0 Å². The molecule has 0 spiro atoms. The van der Waals surface area contributed by atoms with Crippen LogP contribution in [0.3, 0.4) is 0 Å². The molecule has 0 radical (unpaired) electrons. The van der Waals surface area contributed by atoms with Crippen molar-refractivity contribution in [2.75, 3.05) is 26.1 Å². The van der Waals surface area contributed by atoms with Crippen LogP contribution in [-0.4, -0.2) is 49.6 Å². The quantitative estimate of drug-likeness (QED) is 0.572. The number of ether oxygens (including phenoxy) is 3. The van der Waals surface area contributed by atoms with E-state index in [1.54, 1.807) is 13.8 Å². The number of methoxy groups -OCH3 is 2. The van der Waals surface area contributed by atoms with Crippen molar-refractivity contribution in [1.82, 2.24) is 4.98 Å². The lowest BCUT2D eigenvalue weighted by atomic mass is 10.1. The summed E-state index contributed by atoms with van der Waals surface area (Å²) >= 11 is 1.17. The molecule has 148 valence electrons. The Morgan fingerprint density at radius 2 is 1.71 bits per heavy atom. The number of amides is 1. The summed E-state index contributed by atoms with van der Waals surface area (Å²) in [7, 11) is 2.39. The number of aryl methyl sites for hydroxylation is 2. The summed E-state index contributed by atoms with van der Waals surface area (Å²) in [5.41, 5.74) is 0.703. The molecule has 28 heavy (non-hydrogen) atoms. The molecule has 0 aliphatic rings. The molecule has 2 aromatic rings. The van der Waals surface area contributed by atoms with Crippen LogP contribution in [-0.2, 0) is 19.0 Å². The highest BCUT2D eigenvalue weighted by molar-refractivity contribution is 7.13. The van der Waals surface area contributed by atoms with E-state index >= 15 is 0 Å². The number of hydrogen-bond donors (Lipinski definition) is 1. The number of carbonyl (C=O) groups excluding carboxylic acids is 4. The monoisotopic (exact) mass is 406 g/mol. The first-order valence-corrected chi connectivity index (χ1v) is 8.80. The predicted octanol–water partition coefficient (Wildman–Crippen LogP) is 2.13. The minimum atomic E-state index is -0.709. The molecule has 0 saturated carbocycles. The maximum Gasteiger partial charge on any atom is 0.350 e. The van der Waals surface area contributed by atoms with E-state index in [2.05, 4.69) is 19.8 Å². The Kier molecular flexibility index (Phi) is 6.83. The van der Waals surface area contributed by atoms with Gasteiger partial charge < -0.3 is 19.5 Å². The highest BCUT2D eigenvalue weighted by atomic mass is 32.1. The molecule has 0 bridgehead atoms. The molecule has 1 amide bonds. The zero-order valence-corrected chi connectivity index (χ0v) is 16.5. The zero-order valence-electron chi connectivity index (χ0n) is 15.7. The fraction of sp³-hybridized carbons (Fsp3) is 0.278. The molecule has 1 heterocycles. The first-order chi connectivity index (χ1) is 13.3. The molecule has 1 aromatic carbocycles. The summed E-state index contributed by atoms with van der Waals surface area (Å²) < 4.78 is 14.3. The van der Waals surface area contributed by atoms with Gasteiger partial charge in [0.1, 0.15) is 4.88 Å². The highest BCUT2D eigenvalue weighted by Gasteiger charge is 2.20. The Morgan fingerprint density at radius 3 is 2.29 bits per heavy atom. The number of nitrogens with zero attached hydrogens (tertiary/aromatic N) is 1. The Balaban J connectivity index is 2.13. The summed E-state index contributed by atoms with van der Waals surface area (Å²) in [4.78, 5) is 52.3. The molecule has 0 aliphatic heterocycles. The average molecular weight is 406 g/mol.